The van der Waals surface area contributed by atoms with E-state index >= 15 is 0 Å². The van der Waals surface area contributed by atoms with Crippen LogP contribution in [0.2, 0.25) is 0 Å². The zero-order valence-corrected chi connectivity index (χ0v) is 15.8. The van der Waals surface area contributed by atoms with E-state index in [1.807, 2.05) is 12.1 Å². The van der Waals surface area contributed by atoms with Crippen molar-refractivity contribution in [1.29, 1.82) is 0 Å². The highest BCUT2D eigenvalue weighted by atomic mass is 79.9. The van der Waals surface area contributed by atoms with E-state index in [2.05, 4.69) is 32.1 Å². The van der Waals surface area contributed by atoms with E-state index in [1.165, 1.54) is 0 Å². The van der Waals surface area contributed by atoms with Crippen molar-refractivity contribution in [2.45, 2.75) is 44.1 Å². The molecule has 3 aliphatic rings. The Bertz CT molecular complexity index is 701. The molecule has 26 heavy (non-hydrogen) atoms. The molecule has 4 rings (SSSR count). The molecule has 8 heteroatoms. The normalized spacial score (nSPS) is 34.0. The number of hydrazine groups is 1. The van der Waals surface area contributed by atoms with Gasteiger partial charge < -0.3 is 10.2 Å². The van der Waals surface area contributed by atoms with Gasteiger partial charge in [0.25, 0.3) is 0 Å². The maximum absolute atomic E-state index is 14.4. The molecular formula is C18H22BrFN4O2. The van der Waals surface area contributed by atoms with Crippen molar-refractivity contribution in [3.63, 3.8) is 0 Å². The highest BCUT2D eigenvalue weighted by Crippen LogP contribution is 2.36. The summed E-state index contributed by atoms with van der Waals surface area (Å²) in [6.45, 7) is 0.316. The van der Waals surface area contributed by atoms with E-state index in [0.29, 0.717) is 18.7 Å². The molecule has 6 nitrogen and oxygen atoms in total. The standard InChI is InChI=1S/C18H22BrFN4O2/c19-11-4-6-12(7-5-11)21-18(26)10-8-15(25)24(9-10)17-16-13(20)2-1-3-14(16)22-23-17/h4-7,10,13-14,16-17,22-23H,1-3,8-9H2,(H,21,26). The molecule has 3 fully saturated rings. The molecule has 0 aromatic heterocycles. The highest BCUT2D eigenvalue weighted by Gasteiger charge is 2.49. The predicted octanol–water partition coefficient (Wildman–Crippen LogP) is 2.18. The van der Waals surface area contributed by atoms with Crippen LogP contribution in [0.15, 0.2) is 28.7 Å². The van der Waals surface area contributed by atoms with Crippen molar-refractivity contribution in [3.8, 4) is 0 Å². The molecule has 1 saturated carbocycles. The second kappa shape index (κ2) is 7.25. The first kappa shape index (κ1) is 17.9. The number of rotatable bonds is 3. The third kappa shape index (κ3) is 3.37. The Morgan fingerprint density at radius 2 is 2.00 bits per heavy atom. The van der Waals surface area contributed by atoms with Gasteiger partial charge in [-0.3, -0.25) is 15.0 Å². The number of carbonyl (C=O) groups is 2. The van der Waals surface area contributed by atoms with Crippen LogP contribution in [0.4, 0.5) is 10.1 Å². The molecule has 1 aliphatic carbocycles. The van der Waals surface area contributed by atoms with E-state index in [1.54, 1.807) is 17.0 Å². The van der Waals surface area contributed by atoms with E-state index in [4.69, 9.17) is 0 Å². The molecule has 2 aliphatic heterocycles. The quantitative estimate of drug-likeness (QED) is 0.694. The number of alkyl halides is 1. The minimum Gasteiger partial charge on any atom is -0.326 e. The average molecular weight is 425 g/mol. The first-order valence-corrected chi connectivity index (χ1v) is 9.83. The predicted molar refractivity (Wildman–Crippen MR) is 98.7 cm³/mol. The molecule has 5 unspecified atom stereocenters. The topological polar surface area (TPSA) is 73.5 Å². The summed E-state index contributed by atoms with van der Waals surface area (Å²) in [5.74, 6) is -0.945. The Balaban J connectivity index is 1.42. The number of halogens is 2. The van der Waals surface area contributed by atoms with Gasteiger partial charge in [0.1, 0.15) is 12.3 Å². The fourth-order valence-electron chi connectivity index (χ4n) is 4.28. The minimum absolute atomic E-state index is 0.0483. The summed E-state index contributed by atoms with van der Waals surface area (Å²) in [7, 11) is 0. The third-order valence-electron chi connectivity index (χ3n) is 5.64. The number of anilines is 1. The van der Waals surface area contributed by atoms with Crippen molar-refractivity contribution in [2.24, 2.45) is 11.8 Å². The van der Waals surface area contributed by atoms with Crippen LogP contribution in [0.1, 0.15) is 25.7 Å². The Morgan fingerprint density at radius 1 is 1.23 bits per heavy atom. The summed E-state index contributed by atoms with van der Waals surface area (Å²) in [5, 5.41) is 2.86. The van der Waals surface area contributed by atoms with Crippen LogP contribution >= 0.6 is 15.9 Å². The van der Waals surface area contributed by atoms with Crippen molar-refractivity contribution in [1.82, 2.24) is 15.8 Å². The molecule has 1 aromatic rings. The smallest absolute Gasteiger partial charge is 0.229 e. The Hall–Kier alpha value is -1.51. The lowest BCUT2D eigenvalue weighted by Crippen LogP contribution is -2.50. The van der Waals surface area contributed by atoms with Crippen molar-refractivity contribution in [2.75, 3.05) is 11.9 Å². The van der Waals surface area contributed by atoms with Crippen molar-refractivity contribution < 1.29 is 14.0 Å². The molecule has 5 atom stereocenters. The average Bonchev–Trinajstić information content (AvgIpc) is 3.21. The molecule has 2 heterocycles. The zero-order valence-electron chi connectivity index (χ0n) is 14.3. The van der Waals surface area contributed by atoms with Crippen LogP contribution in [-0.2, 0) is 9.59 Å². The van der Waals surface area contributed by atoms with Gasteiger partial charge in [0.2, 0.25) is 11.8 Å². The van der Waals surface area contributed by atoms with Crippen molar-refractivity contribution in [3.05, 3.63) is 28.7 Å². The molecule has 3 N–H and O–H groups in total. The first-order chi connectivity index (χ1) is 12.5. The van der Waals surface area contributed by atoms with Gasteiger partial charge in [-0.25, -0.2) is 9.82 Å². The minimum atomic E-state index is -0.926. The van der Waals surface area contributed by atoms with Gasteiger partial charge in [0.15, 0.2) is 0 Å². The van der Waals surface area contributed by atoms with Gasteiger partial charge in [-0.05, 0) is 43.5 Å². The lowest BCUT2D eigenvalue weighted by atomic mass is 9.82. The Kier molecular flexibility index (Phi) is 4.98. The van der Waals surface area contributed by atoms with E-state index in [-0.39, 0.29) is 36.4 Å². The fourth-order valence-corrected chi connectivity index (χ4v) is 4.55. The van der Waals surface area contributed by atoms with Gasteiger partial charge >= 0.3 is 0 Å². The van der Waals surface area contributed by atoms with Crippen LogP contribution in [0, 0.1) is 11.8 Å². The maximum atomic E-state index is 14.4. The van der Waals surface area contributed by atoms with Gasteiger partial charge in [-0.1, -0.05) is 15.9 Å². The maximum Gasteiger partial charge on any atom is 0.229 e. The van der Waals surface area contributed by atoms with Crippen LogP contribution in [0.3, 0.4) is 0 Å². The molecule has 2 saturated heterocycles. The number of benzene rings is 1. The fraction of sp³-hybridized carbons (Fsp3) is 0.556. The number of hydrogen-bond donors (Lipinski definition) is 3. The van der Waals surface area contributed by atoms with Crippen LogP contribution in [0.5, 0.6) is 0 Å². The molecule has 2 amide bonds. The summed E-state index contributed by atoms with van der Waals surface area (Å²) >= 11 is 3.36. The number of nitrogens with zero attached hydrogens (tertiary/aromatic N) is 1. The second-order valence-electron chi connectivity index (χ2n) is 7.31. The summed E-state index contributed by atoms with van der Waals surface area (Å²) in [6.07, 6.45) is 1.16. The van der Waals surface area contributed by atoms with E-state index < -0.39 is 12.1 Å². The van der Waals surface area contributed by atoms with Gasteiger partial charge in [-0.2, -0.15) is 0 Å². The lowest BCUT2D eigenvalue weighted by molar-refractivity contribution is -0.131. The largest absolute Gasteiger partial charge is 0.326 e. The van der Waals surface area contributed by atoms with E-state index in [0.717, 1.165) is 17.3 Å². The molecule has 0 radical (unpaired) electrons. The summed E-state index contributed by atoms with van der Waals surface area (Å²) < 4.78 is 15.4. The molecule has 1 aromatic carbocycles. The van der Waals surface area contributed by atoms with Crippen molar-refractivity contribution >= 4 is 33.4 Å². The molecule has 140 valence electrons. The lowest BCUT2D eigenvalue weighted by Gasteiger charge is -2.34. The molecular weight excluding hydrogens is 403 g/mol. The summed E-state index contributed by atoms with van der Waals surface area (Å²) in [5.41, 5.74) is 6.93. The Morgan fingerprint density at radius 3 is 2.77 bits per heavy atom. The molecule has 0 spiro atoms. The SMILES string of the molecule is O=C(Nc1ccc(Br)cc1)C1CC(=O)N(C2NNC3CCCC(F)C32)C1. The first-order valence-electron chi connectivity index (χ1n) is 9.04. The molecule has 0 bridgehead atoms. The monoisotopic (exact) mass is 424 g/mol. The summed E-state index contributed by atoms with van der Waals surface area (Å²) in [6, 6.07) is 7.35. The number of carbonyl (C=O) groups excluding carboxylic acids is 2. The van der Waals surface area contributed by atoms with Crippen LogP contribution in [0.25, 0.3) is 0 Å². The van der Waals surface area contributed by atoms with Crippen LogP contribution in [-0.4, -0.2) is 41.6 Å². The Labute approximate surface area is 160 Å². The van der Waals surface area contributed by atoms with Gasteiger partial charge in [0.05, 0.1) is 5.92 Å². The summed E-state index contributed by atoms with van der Waals surface area (Å²) in [4.78, 5) is 26.7. The zero-order chi connectivity index (χ0) is 18.3. The second-order valence-corrected chi connectivity index (χ2v) is 8.22. The van der Waals surface area contributed by atoms with E-state index in [9.17, 15) is 14.0 Å². The van der Waals surface area contributed by atoms with Crippen LogP contribution < -0.4 is 16.2 Å². The third-order valence-corrected chi connectivity index (χ3v) is 6.16. The number of nitrogens with one attached hydrogen (secondary N) is 3. The highest BCUT2D eigenvalue weighted by molar-refractivity contribution is 9.10. The number of fused-ring (bicyclic) bond motifs is 1. The van der Waals surface area contributed by atoms with Gasteiger partial charge in [-0.15, -0.1) is 0 Å². The number of hydrogen-bond acceptors (Lipinski definition) is 4. The number of amides is 2. The van der Waals surface area contributed by atoms with Gasteiger partial charge in [0, 0.05) is 35.1 Å². The number of likely N-dealkylation sites (tertiary alicyclic amines) is 1.